The van der Waals surface area contributed by atoms with Gasteiger partial charge in [0, 0.05) is 12.1 Å². The zero-order valence-electron chi connectivity index (χ0n) is 15.5. The number of fused-ring (bicyclic) bond motifs is 2. The van der Waals surface area contributed by atoms with Gasteiger partial charge in [-0.2, -0.15) is 0 Å². The van der Waals surface area contributed by atoms with Crippen molar-refractivity contribution in [2.24, 2.45) is 0 Å². The molecule has 2 heterocycles. The lowest BCUT2D eigenvalue weighted by atomic mass is 10.1. The van der Waals surface area contributed by atoms with E-state index in [1.807, 2.05) is 60.7 Å². The van der Waals surface area contributed by atoms with Crippen molar-refractivity contribution < 1.29 is 14.3 Å². The van der Waals surface area contributed by atoms with Crippen molar-refractivity contribution >= 4 is 33.1 Å². The van der Waals surface area contributed by atoms with Crippen molar-refractivity contribution in [1.29, 1.82) is 0 Å². The van der Waals surface area contributed by atoms with E-state index in [9.17, 15) is 4.79 Å². The predicted molar refractivity (Wildman–Crippen MR) is 114 cm³/mol. The van der Waals surface area contributed by atoms with Gasteiger partial charge in [-0.15, -0.1) is 11.3 Å². The van der Waals surface area contributed by atoms with Gasteiger partial charge in [0.1, 0.15) is 6.61 Å². The largest absolute Gasteiger partial charge is 0.485 e. The summed E-state index contributed by atoms with van der Waals surface area (Å²) in [5.41, 5.74) is 2.91. The van der Waals surface area contributed by atoms with Gasteiger partial charge in [-0.05, 0) is 42.0 Å². The van der Waals surface area contributed by atoms with Gasteiger partial charge in [0.15, 0.2) is 11.5 Å². The molecule has 1 aliphatic rings. The first-order chi connectivity index (χ1) is 14.2. The third kappa shape index (κ3) is 3.79. The molecule has 0 aliphatic carbocycles. The molecule has 1 atom stereocenters. The molecule has 5 nitrogen and oxygen atoms in total. The van der Waals surface area contributed by atoms with Crippen molar-refractivity contribution in [3.63, 3.8) is 0 Å². The Morgan fingerprint density at radius 3 is 2.59 bits per heavy atom. The number of thiazole rings is 1. The Hall–Kier alpha value is -3.38. The molecular weight excluding hydrogens is 384 g/mol. The molecular formula is C23H18N2O3S. The molecule has 5 rings (SSSR count). The number of carbonyl (C=O) groups is 1. The Morgan fingerprint density at radius 1 is 1.00 bits per heavy atom. The smallest absolute Gasteiger partial charge is 0.269 e. The average molecular weight is 402 g/mol. The summed E-state index contributed by atoms with van der Waals surface area (Å²) >= 11 is 1.71. The lowest BCUT2D eigenvalue weighted by Gasteiger charge is -2.25. The minimum atomic E-state index is -0.674. The Morgan fingerprint density at radius 2 is 1.76 bits per heavy atom. The summed E-state index contributed by atoms with van der Waals surface area (Å²) in [5, 5.41) is 3.98. The summed E-state index contributed by atoms with van der Waals surface area (Å²) in [4.78, 5) is 17.2. The molecule has 144 valence electrons. The highest BCUT2D eigenvalue weighted by Crippen LogP contribution is 2.31. The molecule has 4 aromatic rings. The van der Waals surface area contributed by atoms with Crippen molar-refractivity contribution in [1.82, 2.24) is 4.98 Å². The topological polar surface area (TPSA) is 60.5 Å². The predicted octanol–water partition coefficient (Wildman–Crippen LogP) is 4.67. The van der Waals surface area contributed by atoms with E-state index >= 15 is 0 Å². The lowest BCUT2D eigenvalue weighted by Crippen LogP contribution is -2.40. The van der Waals surface area contributed by atoms with Gasteiger partial charge in [0.25, 0.3) is 5.91 Å². The number of benzene rings is 3. The summed E-state index contributed by atoms with van der Waals surface area (Å²) in [5.74, 6) is 1.03. The van der Waals surface area contributed by atoms with Crippen LogP contribution in [-0.2, 0) is 11.2 Å². The zero-order chi connectivity index (χ0) is 19.6. The Kier molecular flexibility index (Phi) is 4.62. The number of para-hydroxylation sites is 3. The number of carbonyl (C=O) groups excluding carboxylic acids is 1. The highest BCUT2D eigenvalue weighted by atomic mass is 32.1. The molecule has 1 aromatic heterocycles. The molecule has 6 heteroatoms. The van der Waals surface area contributed by atoms with E-state index < -0.39 is 6.10 Å². The molecule has 1 amide bonds. The fourth-order valence-corrected chi connectivity index (χ4v) is 4.25. The minimum absolute atomic E-state index is 0.193. The van der Waals surface area contributed by atoms with Gasteiger partial charge in [0.05, 0.1) is 15.2 Å². The van der Waals surface area contributed by atoms with Crippen LogP contribution in [0.2, 0.25) is 0 Å². The monoisotopic (exact) mass is 402 g/mol. The van der Waals surface area contributed by atoms with Crippen LogP contribution in [0.5, 0.6) is 11.5 Å². The summed E-state index contributed by atoms with van der Waals surface area (Å²) in [7, 11) is 0. The second-order valence-corrected chi connectivity index (χ2v) is 7.92. The van der Waals surface area contributed by atoms with Crippen LogP contribution < -0.4 is 14.8 Å². The minimum Gasteiger partial charge on any atom is -0.485 e. The quantitative estimate of drug-likeness (QED) is 0.539. The Balaban J connectivity index is 1.23. The van der Waals surface area contributed by atoms with Gasteiger partial charge >= 0.3 is 0 Å². The van der Waals surface area contributed by atoms with Crippen LogP contribution in [0.3, 0.4) is 0 Å². The summed E-state index contributed by atoms with van der Waals surface area (Å²) < 4.78 is 12.6. The number of nitrogens with zero attached hydrogens (tertiary/aromatic N) is 1. The molecule has 0 unspecified atom stereocenters. The maximum absolute atomic E-state index is 12.5. The molecule has 1 N–H and O–H groups in total. The van der Waals surface area contributed by atoms with E-state index in [0.717, 1.165) is 28.2 Å². The van der Waals surface area contributed by atoms with Crippen LogP contribution in [0.4, 0.5) is 5.69 Å². The Labute approximate surface area is 171 Å². The van der Waals surface area contributed by atoms with E-state index in [1.54, 1.807) is 17.4 Å². The van der Waals surface area contributed by atoms with E-state index in [0.29, 0.717) is 11.5 Å². The van der Waals surface area contributed by atoms with Crippen molar-refractivity contribution in [3.8, 4) is 11.5 Å². The molecule has 0 saturated heterocycles. The normalized spacial score (nSPS) is 15.2. The maximum atomic E-state index is 12.5. The molecule has 0 radical (unpaired) electrons. The molecule has 0 fully saturated rings. The second-order valence-electron chi connectivity index (χ2n) is 6.80. The third-order valence-electron chi connectivity index (χ3n) is 4.72. The molecule has 0 bridgehead atoms. The van der Waals surface area contributed by atoms with E-state index in [1.165, 1.54) is 4.70 Å². The molecule has 3 aromatic carbocycles. The van der Waals surface area contributed by atoms with E-state index in [2.05, 4.69) is 16.4 Å². The standard InChI is InChI=1S/C23H18N2O3S/c26-23(20-14-27-18-6-2-3-7-19(18)28-20)24-16-11-9-15(10-12-16)13-22-25-17-5-1-4-8-21(17)29-22/h1-12,20H,13-14H2,(H,24,26)/t20-/m1/s1. The number of hydrogen-bond donors (Lipinski definition) is 1. The van der Waals surface area contributed by atoms with Crippen LogP contribution in [0.15, 0.2) is 72.8 Å². The van der Waals surface area contributed by atoms with Crippen LogP contribution in [-0.4, -0.2) is 23.6 Å². The van der Waals surface area contributed by atoms with Crippen LogP contribution >= 0.6 is 11.3 Å². The number of rotatable bonds is 4. The van der Waals surface area contributed by atoms with Crippen LogP contribution in [0, 0.1) is 0 Å². The van der Waals surface area contributed by atoms with Gasteiger partial charge in [-0.3, -0.25) is 4.79 Å². The van der Waals surface area contributed by atoms with Crippen LogP contribution in [0.1, 0.15) is 10.6 Å². The zero-order valence-corrected chi connectivity index (χ0v) is 16.3. The average Bonchev–Trinajstić information content (AvgIpc) is 3.17. The fraction of sp³-hybridized carbons (Fsp3) is 0.130. The second kappa shape index (κ2) is 7.56. The number of nitrogens with one attached hydrogen (secondary N) is 1. The number of ether oxygens (including phenoxy) is 2. The first-order valence-electron chi connectivity index (χ1n) is 9.37. The number of anilines is 1. The number of aromatic nitrogens is 1. The fourth-order valence-electron chi connectivity index (χ4n) is 3.25. The first kappa shape index (κ1) is 17.7. The Bertz CT molecular complexity index is 1140. The molecule has 29 heavy (non-hydrogen) atoms. The van der Waals surface area contributed by atoms with Crippen molar-refractivity contribution in [2.75, 3.05) is 11.9 Å². The summed E-state index contributed by atoms with van der Waals surface area (Å²) in [6, 6.07) is 23.3. The number of amides is 1. The summed E-state index contributed by atoms with van der Waals surface area (Å²) in [6.45, 7) is 0.193. The summed E-state index contributed by atoms with van der Waals surface area (Å²) in [6.07, 6.45) is 0.0940. The van der Waals surface area contributed by atoms with Crippen LogP contribution in [0.25, 0.3) is 10.2 Å². The van der Waals surface area contributed by atoms with Gasteiger partial charge in [0.2, 0.25) is 6.10 Å². The molecule has 1 aliphatic heterocycles. The van der Waals surface area contributed by atoms with Gasteiger partial charge in [-0.25, -0.2) is 4.98 Å². The van der Waals surface area contributed by atoms with E-state index in [4.69, 9.17) is 9.47 Å². The first-order valence-corrected chi connectivity index (χ1v) is 10.2. The SMILES string of the molecule is O=C(Nc1ccc(Cc2nc3ccccc3s2)cc1)[C@H]1COc2ccccc2O1. The van der Waals surface area contributed by atoms with Gasteiger partial charge in [-0.1, -0.05) is 36.4 Å². The molecule has 0 spiro atoms. The molecule has 0 saturated carbocycles. The highest BCUT2D eigenvalue weighted by Gasteiger charge is 2.27. The maximum Gasteiger partial charge on any atom is 0.269 e. The number of hydrogen-bond acceptors (Lipinski definition) is 5. The third-order valence-corrected chi connectivity index (χ3v) is 5.75. The highest BCUT2D eigenvalue weighted by molar-refractivity contribution is 7.18. The van der Waals surface area contributed by atoms with Crippen molar-refractivity contribution in [2.45, 2.75) is 12.5 Å². The van der Waals surface area contributed by atoms with E-state index in [-0.39, 0.29) is 12.5 Å². The van der Waals surface area contributed by atoms with Crippen molar-refractivity contribution in [3.05, 3.63) is 83.4 Å². The van der Waals surface area contributed by atoms with Gasteiger partial charge < -0.3 is 14.8 Å². The lowest BCUT2D eigenvalue weighted by molar-refractivity contribution is -0.125.